The Hall–Kier alpha value is -2.67. The van der Waals surface area contributed by atoms with Crippen LogP contribution in [0.25, 0.3) is 10.2 Å². The Kier molecular flexibility index (Phi) is 3.61. The second-order valence-electron chi connectivity index (χ2n) is 6.45. The number of aryl methyl sites for hydroxylation is 2. The van der Waals surface area contributed by atoms with Crippen molar-refractivity contribution in [2.24, 2.45) is 0 Å². The fourth-order valence-corrected chi connectivity index (χ4v) is 4.09. The lowest BCUT2D eigenvalue weighted by molar-refractivity contribution is 0.0955. The van der Waals surface area contributed by atoms with Gasteiger partial charge in [-0.25, -0.2) is 0 Å². The molecule has 0 spiro atoms. The van der Waals surface area contributed by atoms with Crippen molar-refractivity contribution in [2.45, 2.75) is 32.2 Å². The average molecular weight is 354 g/mol. The monoisotopic (exact) mass is 354 g/mol. The van der Waals surface area contributed by atoms with E-state index in [4.69, 9.17) is 5.73 Å². The highest BCUT2D eigenvalue weighted by molar-refractivity contribution is 7.21. The van der Waals surface area contributed by atoms with Crippen LogP contribution in [0.4, 0.5) is 5.69 Å². The number of nitrogens with one attached hydrogen (secondary N) is 1. The maximum atomic E-state index is 12.6. The van der Waals surface area contributed by atoms with Crippen LogP contribution in [0, 0.1) is 13.8 Å². The second kappa shape index (κ2) is 5.70. The van der Waals surface area contributed by atoms with Crippen LogP contribution >= 0.6 is 11.3 Å². The molecule has 4 rings (SSSR count). The topological polar surface area (TPSA) is 101 Å². The Morgan fingerprint density at radius 3 is 2.72 bits per heavy atom. The van der Waals surface area contributed by atoms with E-state index in [0.717, 1.165) is 28.6 Å². The number of thiophene rings is 1. The summed E-state index contributed by atoms with van der Waals surface area (Å²) in [5, 5.41) is 21.5. The van der Waals surface area contributed by atoms with Crippen LogP contribution < -0.4 is 11.1 Å². The number of rotatable bonds is 3. The number of phenolic OH excluding ortho intramolecular Hbond substituents is 1. The predicted molar refractivity (Wildman–Crippen MR) is 98.0 cm³/mol. The first-order chi connectivity index (χ1) is 12.0. The van der Waals surface area contributed by atoms with E-state index in [1.807, 2.05) is 26.0 Å². The van der Waals surface area contributed by atoms with E-state index in [0.29, 0.717) is 15.4 Å². The van der Waals surface area contributed by atoms with Gasteiger partial charge in [-0.3, -0.25) is 4.79 Å². The summed E-state index contributed by atoms with van der Waals surface area (Å²) in [6.45, 7) is 3.82. The molecule has 25 heavy (non-hydrogen) atoms. The van der Waals surface area contributed by atoms with E-state index in [1.165, 1.54) is 11.3 Å². The smallest absolute Gasteiger partial charge is 0.263 e. The lowest BCUT2D eigenvalue weighted by Crippen LogP contribution is -2.26. The molecular weight excluding hydrogens is 336 g/mol. The van der Waals surface area contributed by atoms with Crippen LogP contribution in [-0.2, 0) is 0 Å². The van der Waals surface area contributed by atoms with Gasteiger partial charge in [0.15, 0.2) is 0 Å². The third-order valence-electron chi connectivity index (χ3n) is 4.77. The predicted octanol–water partition coefficient (Wildman–Crippen LogP) is 2.88. The number of nitrogens with zero attached hydrogens (tertiary/aromatic N) is 2. The van der Waals surface area contributed by atoms with Crippen molar-refractivity contribution >= 4 is 33.1 Å². The van der Waals surface area contributed by atoms with Crippen molar-refractivity contribution in [3.8, 4) is 5.75 Å². The Labute approximate surface area is 148 Å². The zero-order valence-electron chi connectivity index (χ0n) is 13.9. The molecule has 1 aliphatic carbocycles. The summed E-state index contributed by atoms with van der Waals surface area (Å²) in [5.41, 5.74) is 9.60. The molecule has 4 N–H and O–H groups in total. The van der Waals surface area contributed by atoms with Crippen molar-refractivity contribution in [1.29, 1.82) is 0 Å². The summed E-state index contributed by atoms with van der Waals surface area (Å²) in [7, 11) is 0. The minimum Gasteiger partial charge on any atom is -0.508 e. The summed E-state index contributed by atoms with van der Waals surface area (Å²) < 4.78 is 0. The molecule has 1 aliphatic rings. The van der Waals surface area contributed by atoms with Crippen molar-refractivity contribution in [1.82, 2.24) is 15.5 Å². The van der Waals surface area contributed by atoms with Crippen LogP contribution in [0.5, 0.6) is 5.75 Å². The summed E-state index contributed by atoms with van der Waals surface area (Å²) >= 11 is 1.28. The number of nitrogen functional groups attached to an aromatic ring is 1. The van der Waals surface area contributed by atoms with Crippen molar-refractivity contribution in [3.05, 3.63) is 46.0 Å². The molecule has 1 saturated carbocycles. The van der Waals surface area contributed by atoms with Gasteiger partial charge in [0.05, 0.1) is 11.4 Å². The molecule has 1 fully saturated rings. The van der Waals surface area contributed by atoms with Crippen molar-refractivity contribution in [3.63, 3.8) is 0 Å². The van der Waals surface area contributed by atoms with Gasteiger partial charge in [-0.05, 0) is 43.5 Å². The molecule has 6 nitrogen and oxygen atoms in total. The van der Waals surface area contributed by atoms with E-state index >= 15 is 0 Å². The lowest BCUT2D eigenvalue weighted by Gasteiger charge is -2.05. The van der Waals surface area contributed by atoms with E-state index in [9.17, 15) is 9.90 Å². The Morgan fingerprint density at radius 2 is 2.00 bits per heavy atom. The van der Waals surface area contributed by atoms with Crippen LogP contribution in [0.1, 0.15) is 38.8 Å². The summed E-state index contributed by atoms with van der Waals surface area (Å²) in [4.78, 5) is 13.8. The summed E-state index contributed by atoms with van der Waals surface area (Å²) in [6, 6.07) is 7.21. The highest BCUT2D eigenvalue weighted by Gasteiger charge is 2.40. The quantitative estimate of drug-likeness (QED) is 0.671. The molecule has 2 aromatic heterocycles. The van der Waals surface area contributed by atoms with E-state index in [1.54, 1.807) is 12.1 Å². The van der Waals surface area contributed by atoms with Gasteiger partial charge < -0.3 is 16.2 Å². The molecule has 7 heteroatoms. The number of hydrogen-bond donors (Lipinski definition) is 3. The fraction of sp³-hybridized carbons (Fsp3) is 0.278. The lowest BCUT2D eigenvalue weighted by atomic mass is 10.1. The van der Waals surface area contributed by atoms with Crippen LogP contribution in [0.15, 0.2) is 24.3 Å². The number of nitrogens with two attached hydrogens (primary N) is 1. The van der Waals surface area contributed by atoms with Gasteiger partial charge in [0, 0.05) is 17.3 Å². The summed E-state index contributed by atoms with van der Waals surface area (Å²) in [6.07, 6.45) is 0.888. The number of hydrogen-bond acceptors (Lipinski definition) is 6. The number of carbonyl (C=O) groups is 1. The zero-order valence-corrected chi connectivity index (χ0v) is 14.7. The Balaban J connectivity index is 1.54. The molecule has 128 valence electrons. The number of aromatic nitrogens is 2. The van der Waals surface area contributed by atoms with E-state index in [2.05, 4.69) is 15.5 Å². The molecule has 0 saturated heterocycles. The summed E-state index contributed by atoms with van der Waals surface area (Å²) in [5.74, 6) is 0.363. The van der Waals surface area contributed by atoms with Crippen LogP contribution in [0.2, 0.25) is 0 Å². The largest absolute Gasteiger partial charge is 0.508 e. The Bertz CT molecular complexity index is 981. The molecule has 3 aromatic rings. The first-order valence-electron chi connectivity index (χ1n) is 8.07. The van der Waals surface area contributed by atoms with E-state index in [-0.39, 0.29) is 23.6 Å². The molecule has 2 heterocycles. The average Bonchev–Trinajstić information content (AvgIpc) is 3.26. The molecular formula is C18H18N4O2S. The van der Waals surface area contributed by atoms with Gasteiger partial charge in [-0.2, -0.15) is 5.10 Å². The highest BCUT2D eigenvalue weighted by atomic mass is 32.1. The molecule has 0 radical (unpaired) electrons. The van der Waals surface area contributed by atoms with Crippen molar-refractivity contribution < 1.29 is 9.90 Å². The maximum absolute atomic E-state index is 12.6. The minimum atomic E-state index is -0.163. The zero-order chi connectivity index (χ0) is 17.7. The number of fused-ring (bicyclic) bond motifs is 1. The number of carbonyl (C=O) groups excluding carboxylic acids is 1. The Morgan fingerprint density at radius 1 is 1.28 bits per heavy atom. The molecule has 1 aromatic carbocycles. The second-order valence-corrected chi connectivity index (χ2v) is 7.45. The minimum absolute atomic E-state index is 0.0931. The number of aromatic hydroxyl groups is 1. The molecule has 2 unspecified atom stereocenters. The first kappa shape index (κ1) is 15.8. The third kappa shape index (κ3) is 2.70. The number of benzene rings is 1. The standard InChI is InChI=1S/C18H18N4O2S/c1-8-9(2)21-22-18-14(8)15(19)16(25-18)17(24)20-13-7-12(13)10-3-5-11(23)6-4-10/h3-6,12-13,23H,7,19H2,1-2H3,(H,20,24). The van der Waals surface area contributed by atoms with Crippen LogP contribution in [-0.4, -0.2) is 27.3 Å². The number of phenols is 1. The fourth-order valence-electron chi connectivity index (χ4n) is 3.09. The van der Waals surface area contributed by atoms with Gasteiger partial charge in [-0.15, -0.1) is 16.4 Å². The maximum Gasteiger partial charge on any atom is 0.263 e. The normalized spacial score (nSPS) is 19.1. The number of anilines is 1. The van der Waals surface area contributed by atoms with Gasteiger partial charge in [0.25, 0.3) is 5.91 Å². The number of amides is 1. The molecule has 1 amide bonds. The molecule has 2 atom stereocenters. The van der Waals surface area contributed by atoms with Gasteiger partial charge in [-0.1, -0.05) is 12.1 Å². The third-order valence-corrected chi connectivity index (χ3v) is 5.86. The van der Waals surface area contributed by atoms with Crippen molar-refractivity contribution in [2.75, 3.05) is 5.73 Å². The van der Waals surface area contributed by atoms with E-state index < -0.39 is 0 Å². The SMILES string of the molecule is Cc1nnc2sc(C(=O)NC3CC3c3ccc(O)cc3)c(N)c2c1C. The molecule has 0 aliphatic heterocycles. The molecule has 0 bridgehead atoms. The van der Waals surface area contributed by atoms with Gasteiger partial charge >= 0.3 is 0 Å². The first-order valence-corrected chi connectivity index (χ1v) is 8.89. The highest BCUT2D eigenvalue weighted by Crippen LogP contribution is 2.42. The van der Waals surface area contributed by atoms with Gasteiger partial charge in [0.1, 0.15) is 15.5 Å². The van der Waals surface area contributed by atoms with Gasteiger partial charge in [0.2, 0.25) is 0 Å². The van der Waals surface area contributed by atoms with Crippen LogP contribution in [0.3, 0.4) is 0 Å².